The van der Waals surface area contributed by atoms with E-state index in [1.807, 2.05) is 0 Å². The lowest BCUT2D eigenvalue weighted by Crippen LogP contribution is -2.31. The largest absolute Gasteiger partial charge is 0.355 e. The zero-order chi connectivity index (χ0) is 33.8. The van der Waals surface area contributed by atoms with Crippen LogP contribution in [-0.2, 0) is 10.8 Å². The molecule has 8 aromatic rings. The number of rotatable bonds is 6. The first-order chi connectivity index (χ1) is 25.3. The summed E-state index contributed by atoms with van der Waals surface area (Å²) in [6.07, 6.45) is 0. The van der Waals surface area contributed by atoms with Crippen LogP contribution in [0.4, 0.5) is 11.4 Å². The van der Waals surface area contributed by atoms with E-state index in [9.17, 15) is 0 Å². The molecule has 0 bridgehead atoms. The number of hydrogen-bond donors (Lipinski definition) is 1. The van der Waals surface area contributed by atoms with Crippen LogP contribution in [0, 0.1) is 0 Å². The summed E-state index contributed by atoms with van der Waals surface area (Å²) < 4.78 is 0. The molecule has 51 heavy (non-hydrogen) atoms. The summed E-state index contributed by atoms with van der Waals surface area (Å²) in [5.41, 5.74) is 16.4. The normalized spacial score (nSPS) is 14.2. The molecule has 0 fully saturated rings. The van der Waals surface area contributed by atoms with E-state index in [2.05, 4.69) is 212 Å². The number of hydrogen-bond acceptors (Lipinski definition) is 1. The van der Waals surface area contributed by atoms with E-state index >= 15 is 0 Å². The molecule has 8 aromatic carbocycles. The van der Waals surface area contributed by atoms with Gasteiger partial charge in [-0.25, -0.2) is 0 Å². The van der Waals surface area contributed by atoms with Crippen molar-refractivity contribution >= 4 is 11.4 Å². The van der Waals surface area contributed by atoms with Crippen molar-refractivity contribution in [3.8, 4) is 22.3 Å². The summed E-state index contributed by atoms with van der Waals surface area (Å²) in [4.78, 5) is 0. The smallest absolute Gasteiger partial charge is 0.0714 e. The summed E-state index contributed by atoms with van der Waals surface area (Å²) in [6, 6.07) is 76.0. The van der Waals surface area contributed by atoms with Crippen LogP contribution in [0.25, 0.3) is 22.3 Å². The molecule has 0 atom stereocenters. The second kappa shape index (κ2) is 11.6. The van der Waals surface area contributed by atoms with Crippen LogP contribution < -0.4 is 5.32 Å². The molecular weight excluding hydrogens is 615 g/mol. The van der Waals surface area contributed by atoms with Crippen LogP contribution in [0.2, 0.25) is 0 Å². The van der Waals surface area contributed by atoms with Gasteiger partial charge in [-0.3, -0.25) is 0 Å². The van der Waals surface area contributed by atoms with Crippen LogP contribution in [0.5, 0.6) is 0 Å². The van der Waals surface area contributed by atoms with Crippen LogP contribution in [0.15, 0.2) is 206 Å². The Hall–Kier alpha value is -6.44. The topological polar surface area (TPSA) is 12.0 Å². The fraction of sp³-hybridized carbons (Fsp3) is 0.0400. The Bertz CT molecular complexity index is 2450. The van der Waals surface area contributed by atoms with Crippen molar-refractivity contribution in [1.82, 2.24) is 0 Å². The average Bonchev–Trinajstić information content (AvgIpc) is 3.68. The van der Waals surface area contributed by atoms with Crippen LogP contribution in [-0.4, -0.2) is 0 Å². The SMILES string of the molecule is c1ccc(Nc2cc(C3(c4ccccc4)c4ccccc4-c4ccccc43)cc3c2-c2ccccc2C3(c2ccccc2)c2ccccc2)cc1. The summed E-state index contributed by atoms with van der Waals surface area (Å²) >= 11 is 0. The Balaban J connectivity index is 1.40. The molecule has 1 heteroatoms. The lowest BCUT2D eigenvalue weighted by molar-refractivity contribution is 0.743. The maximum absolute atomic E-state index is 3.97. The molecule has 0 unspecified atom stereocenters. The molecule has 10 rings (SSSR count). The standard InChI is InChI=1S/C50H35N/c1-5-19-35(20-6-1)49(36-21-7-2-8-22-36)45-32-18-15-29-42(45)48-46(49)33-38(34-47(48)51-39-25-11-4-12-26-39)50(37-23-9-3-10-24-37)43-30-16-13-27-40(43)41-28-14-17-31-44(41)50/h1-34,51H. The molecule has 0 saturated heterocycles. The molecule has 0 aromatic heterocycles. The number of nitrogens with one attached hydrogen (secondary N) is 1. The average molecular weight is 650 g/mol. The van der Waals surface area contributed by atoms with Gasteiger partial charge in [-0.05, 0) is 79.4 Å². The van der Waals surface area contributed by atoms with Gasteiger partial charge in [-0.1, -0.05) is 188 Å². The van der Waals surface area contributed by atoms with Gasteiger partial charge in [0.1, 0.15) is 0 Å². The van der Waals surface area contributed by atoms with Gasteiger partial charge in [0.2, 0.25) is 0 Å². The minimum atomic E-state index is -0.551. The molecule has 0 radical (unpaired) electrons. The Morgan fingerprint density at radius 3 is 1.16 bits per heavy atom. The lowest BCUT2D eigenvalue weighted by atomic mass is 9.64. The molecular formula is C50H35N. The Kier molecular flexibility index (Phi) is 6.69. The molecule has 0 aliphatic heterocycles. The predicted octanol–water partition coefficient (Wildman–Crippen LogP) is 12.2. The van der Waals surface area contributed by atoms with E-state index in [0.717, 1.165) is 11.4 Å². The number of fused-ring (bicyclic) bond motifs is 6. The second-order valence-corrected chi connectivity index (χ2v) is 13.7. The summed E-state index contributed by atoms with van der Waals surface area (Å²) in [5, 5.41) is 3.97. The number of anilines is 2. The molecule has 0 saturated carbocycles. The maximum Gasteiger partial charge on any atom is 0.0714 e. The van der Waals surface area contributed by atoms with Gasteiger partial charge in [0.25, 0.3) is 0 Å². The minimum Gasteiger partial charge on any atom is -0.355 e. The molecule has 1 nitrogen and oxygen atoms in total. The van der Waals surface area contributed by atoms with Crippen molar-refractivity contribution in [3.05, 3.63) is 251 Å². The fourth-order valence-corrected chi connectivity index (χ4v) is 9.27. The number of benzene rings is 8. The zero-order valence-corrected chi connectivity index (χ0v) is 28.1. The van der Waals surface area contributed by atoms with Crippen molar-refractivity contribution < 1.29 is 0 Å². The molecule has 1 N–H and O–H groups in total. The zero-order valence-electron chi connectivity index (χ0n) is 28.1. The van der Waals surface area contributed by atoms with Crippen molar-refractivity contribution in [3.63, 3.8) is 0 Å². The predicted molar refractivity (Wildman–Crippen MR) is 211 cm³/mol. The van der Waals surface area contributed by atoms with Crippen molar-refractivity contribution in [1.29, 1.82) is 0 Å². The van der Waals surface area contributed by atoms with Gasteiger partial charge >= 0.3 is 0 Å². The first-order valence-corrected chi connectivity index (χ1v) is 17.8. The first kappa shape index (κ1) is 29.5. The van der Waals surface area contributed by atoms with Crippen LogP contribution in [0.3, 0.4) is 0 Å². The van der Waals surface area contributed by atoms with Crippen LogP contribution in [0.1, 0.15) is 44.5 Å². The molecule has 2 aliphatic carbocycles. The molecule has 240 valence electrons. The van der Waals surface area contributed by atoms with Crippen LogP contribution >= 0.6 is 0 Å². The monoisotopic (exact) mass is 649 g/mol. The highest BCUT2D eigenvalue weighted by Gasteiger charge is 2.51. The first-order valence-electron chi connectivity index (χ1n) is 17.8. The van der Waals surface area contributed by atoms with E-state index in [4.69, 9.17) is 0 Å². The quantitative estimate of drug-likeness (QED) is 0.189. The summed E-state index contributed by atoms with van der Waals surface area (Å²) in [7, 11) is 0. The van der Waals surface area contributed by atoms with Gasteiger partial charge in [-0.15, -0.1) is 0 Å². The summed E-state index contributed by atoms with van der Waals surface area (Å²) in [5.74, 6) is 0. The molecule has 2 aliphatic rings. The Labute approximate surface area is 299 Å². The van der Waals surface area contributed by atoms with Crippen molar-refractivity contribution in [2.75, 3.05) is 5.32 Å². The van der Waals surface area contributed by atoms with Gasteiger partial charge in [0, 0.05) is 16.9 Å². The van der Waals surface area contributed by atoms with E-state index in [1.54, 1.807) is 0 Å². The lowest BCUT2D eigenvalue weighted by Gasteiger charge is -2.37. The van der Waals surface area contributed by atoms with Gasteiger partial charge in [-0.2, -0.15) is 0 Å². The van der Waals surface area contributed by atoms with E-state index < -0.39 is 10.8 Å². The third-order valence-corrected chi connectivity index (χ3v) is 11.2. The molecule has 0 spiro atoms. The van der Waals surface area contributed by atoms with Gasteiger partial charge in [0.05, 0.1) is 10.8 Å². The van der Waals surface area contributed by atoms with E-state index in [1.165, 1.54) is 66.8 Å². The Morgan fingerprint density at radius 1 is 0.294 bits per heavy atom. The Morgan fingerprint density at radius 2 is 0.667 bits per heavy atom. The van der Waals surface area contributed by atoms with Crippen molar-refractivity contribution in [2.24, 2.45) is 0 Å². The molecule has 0 heterocycles. The highest BCUT2D eigenvalue weighted by atomic mass is 14.9. The fourth-order valence-electron chi connectivity index (χ4n) is 9.27. The third kappa shape index (κ3) is 4.16. The highest BCUT2D eigenvalue weighted by Crippen LogP contribution is 2.62. The third-order valence-electron chi connectivity index (χ3n) is 11.2. The van der Waals surface area contributed by atoms with E-state index in [-0.39, 0.29) is 0 Å². The second-order valence-electron chi connectivity index (χ2n) is 13.7. The van der Waals surface area contributed by atoms with Crippen molar-refractivity contribution in [2.45, 2.75) is 10.8 Å². The van der Waals surface area contributed by atoms with Gasteiger partial charge in [0.15, 0.2) is 0 Å². The van der Waals surface area contributed by atoms with Gasteiger partial charge < -0.3 is 5.32 Å². The highest BCUT2D eigenvalue weighted by molar-refractivity contribution is 5.96. The van der Waals surface area contributed by atoms with E-state index in [0.29, 0.717) is 0 Å². The minimum absolute atomic E-state index is 0.549. The maximum atomic E-state index is 3.97. The number of para-hydroxylation sites is 1. The summed E-state index contributed by atoms with van der Waals surface area (Å²) in [6.45, 7) is 0. The molecule has 0 amide bonds.